The zero-order chi connectivity index (χ0) is 20.6. The van der Waals surface area contributed by atoms with Crippen LogP contribution in [0, 0.1) is 0 Å². The van der Waals surface area contributed by atoms with Gasteiger partial charge in [-0.1, -0.05) is 36.8 Å². The van der Waals surface area contributed by atoms with Crippen molar-refractivity contribution in [2.45, 2.75) is 37.1 Å². The Morgan fingerprint density at radius 3 is 2.47 bits per heavy atom. The summed E-state index contributed by atoms with van der Waals surface area (Å²) in [6.45, 7) is 0.925. The van der Waals surface area contributed by atoms with Gasteiger partial charge in [0.2, 0.25) is 0 Å². The quantitative estimate of drug-likeness (QED) is 0.524. The number of nitrogens with one attached hydrogen (secondary N) is 1. The summed E-state index contributed by atoms with van der Waals surface area (Å²) in [6, 6.07) is 20.2. The summed E-state index contributed by atoms with van der Waals surface area (Å²) >= 11 is 0. The molecule has 1 aromatic heterocycles. The molecule has 0 aliphatic carbocycles. The molecule has 4 aromatic rings. The fourth-order valence-electron chi connectivity index (χ4n) is 3.93. The van der Waals surface area contributed by atoms with Crippen LogP contribution in [0.1, 0.15) is 25.1 Å². The van der Waals surface area contributed by atoms with Crippen LogP contribution in [-0.2, 0) is 23.0 Å². The Balaban J connectivity index is 1.40. The molecule has 3 aromatic carbocycles. The SMILES string of the molecule is O=S(=O)(Nc1ccc(-c2nnc3n2CCCCC3)cc1)c1ccc2ccccc2c1. The molecule has 0 bridgehead atoms. The van der Waals surface area contributed by atoms with Crippen LogP contribution < -0.4 is 4.72 Å². The minimum Gasteiger partial charge on any atom is -0.311 e. The zero-order valence-electron chi connectivity index (χ0n) is 16.5. The van der Waals surface area contributed by atoms with E-state index in [9.17, 15) is 8.42 Å². The van der Waals surface area contributed by atoms with Crippen LogP contribution in [0.15, 0.2) is 71.6 Å². The standard InChI is InChI=1S/C23H22N4O2S/c28-30(29,21-14-11-17-6-3-4-7-19(17)16-21)26-20-12-9-18(10-13-20)23-25-24-22-8-2-1-5-15-27(22)23/h3-4,6-7,9-14,16,26H,1-2,5,8,15H2. The van der Waals surface area contributed by atoms with E-state index in [-0.39, 0.29) is 4.90 Å². The van der Waals surface area contributed by atoms with E-state index >= 15 is 0 Å². The second-order valence-electron chi connectivity index (χ2n) is 7.59. The van der Waals surface area contributed by atoms with Crippen LogP contribution in [0.3, 0.4) is 0 Å². The second kappa shape index (κ2) is 7.57. The second-order valence-corrected chi connectivity index (χ2v) is 9.28. The molecule has 30 heavy (non-hydrogen) atoms. The predicted molar refractivity (Wildman–Crippen MR) is 118 cm³/mol. The van der Waals surface area contributed by atoms with Crippen molar-refractivity contribution in [1.29, 1.82) is 0 Å². The number of aryl methyl sites for hydroxylation is 1. The molecule has 0 saturated carbocycles. The highest BCUT2D eigenvalue weighted by Gasteiger charge is 2.17. The maximum Gasteiger partial charge on any atom is 0.261 e. The van der Waals surface area contributed by atoms with E-state index in [1.165, 1.54) is 6.42 Å². The van der Waals surface area contributed by atoms with Crippen LogP contribution in [0.5, 0.6) is 0 Å². The molecular weight excluding hydrogens is 396 g/mol. The average molecular weight is 419 g/mol. The van der Waals surface area contributed by atoms with Crippen molar-refractivity contribution in [2.24, 2.45) is 0 Å². The summed E-state index contributed by atoms with van der Waals surface area (Å²) in [6.07, 6.45) is 4.43. The van der Waals surface area contributed by atoms with Gasteiger partial charge in [-0.05, 0) is 60.0 Å². The van der Waals surface area contributed by atoms with Gasteiger partial charge in [-0.15, -0.1) is 10.2 Å². The first-order chi connectivity index (χ1) is 14.6. The summed E-state index contributed by atoms with van der Waals surface area (Å²) in [7, 11) is -3.67. The Kier molecular flexibility index (Phi) is 4.75. The van der Waals surface area contributed by atoms with Crippen LogP contribution in [0.25, 0.3) is 22.2 Å². The molecule has 0 saturated heterocycles. The number of benzene rings is 3. The Morgan fingerprint density at radius 1 is 0.833 bits per heavy atom. The fraction of sp³-hybridized carbons (Fsp3) is 0.217. The number of nitrogens with zero attached hydrogens (tertiary/aromatic N) is 3. The van der Waals surface area contributed by atoms with Gasteiger partial charge in [-0.3, -0.25) is 4.72 Å². The largest absolute Gasteiger partial charge is 0.311 e. The molecule has 1 aliphatic heterocycles. The van der Waals surface area contributed by atoms with Gasteiger partial charge in [0.05, 0.1) is 4.90 Å². The van der Waals surface area contributed by atoms with Gasteiger partial charge in [0.1, 0.15) is 5.82 Å². The topological polar surface area (TPSA) is 76.9 Å². The van der Waals surface area contributed by atoms with Gasteiger partial charge in [0.25, 0.3) is 10.0 Å². The molecule has 0 spiro atoms. The van der Waals surface area contributed by atoms with Crippen molar-refractivity contribution in [3.8, 4) is 11.4 Å². The van der Waals surface area contributed by atoms with E-state index in [2.05, 4.69) is 19.5 Å². The molecule has 5 rings (SSSR count). The van der Waals surface area contributed by atoms with E-state index < -0.39 is 10.0 Å². The zero-order valence-corrected chi connectivity index (χ0v) is 17.3. The highest BCUT2D eigenvalue weighted by atomic mass is 32.2. The normalized spacial score (nSPS) is 14.3. The number of hydrogen-bond acceptors (Lipinski definition) is 4. The van der Waals surface area contributed by atoms with Gasteiger partial charge in [0, 0.05) is 24.2 Å². The average Bonchev–Trinajstić information content (AvgIpc) is 3.01. The monoisotopic (exact) mass is 418 g/mol. The molecule has 7 heteroatoms. The minimum absolute atomic E-state index is 0.244. The van der Waals surface area contributed by atoms with E-state index in [1.54, 1.807) is 24.3 Å². The Hall–Kier alpha value is -3.19. The van der Waals surface area contributed by atoms with Crippen molar-refractivity contribution in [2.75, 3.05) is 4.72 Å². The first kappa shape index (κ1) is 18.8. The molecule has 0 fully saturated rings. The van der Waals surface area contributed by atoms with E-state index in [4.69, 9.17) is 0 Å². The molecular formula is C23H22N4O2S. The van der Waals surface area contributed by atoms with Gasteiger partial charge in [-0.2, -0.15) is 0 Å². The van der Waals surface area contributed by atoms with Gasteiger partial charge >= 0.3 is 0 Å². The third-order valence-corrected chi connectivity index (χ3v) is 6.92. The molecule has 0 amide bonds. The summed E-state index contributed by atoms with van der Waals surface area (Å²) < 4.78 is 30.6. The minimum atomic E-state index is -3.67. The van der Waals surface area contributed by atoms with Crippen molar-refractivity contribution in [3.63, 3.8) is 0 Å². The summed E-state index contributed by atoms with van der Waals surface area (Å²) in [4.78, 5) is 0.244. The van der Waals surface area contributed by atoms with Crippen molar-refractivity contribution < 1.29 is 8.42 Å². The summed E-state index contributed by atoms with van der Waals surface area (Å²) in [5.74, 6) is 1.87. The molecule has 0 atom stereocenters. The van der Waals surface area contributed by atoms with Crippen molar-refractivity contribution in [3.05, 3.63) is 72.6 Å². The predicted octanol–water partition coefficient (Wildman–Crippen LogP) is 4.63. The highest BCUT2D eigenvalue weighted by molar-refractivity contribution is 7.92. The number of hydrogen-bond donors (Lipinski definition) is 1. The molecule has 0 radical (unpaired) electrons. The molecule has 152 valence electrons. The number of fused-ring (bicyclic) bond motifs is 2. The number of anilines is 1. The van der Waals surface area contributed by atoms with Crippen LogP contribution >= 0.6 is 0 Å². The molecule has 1 aliphatic rings. The Morgan fingerprint density at radius 2 is 1.63 bits per heavy atom. The Labute approximate surface area is 175 Å². The van der Waals surface area contributed by atoms with Gasteiger partial charge < -0.3 is 4.57 Å². The maximum absolute atomic E-state index is 12.9. The number of rotatable bonds is 4. The van der Waals surface area contributed by atoms with Crippen LogP contribution in [0.2, 0.25) is 0 Å². The van der Waals surface area contributed by atoms with Gasteiger partial charge in [0.15, 0.2) is 5.82 Å². The number of sulfonamides is 1. The van der Waals surface area contributed by atoms with E-state index in [0.717, 1.165) is 53.8 Å². The Bertz CT molecular complexity index is 1310. The lowest BCUT2D eigenvalue weighted by Gasteiger charge is -2.10. The lowest BCUT2D eigenvalue weighted by atomic mass is 10.1. The van der Waals surface area contributed by atoms with E-state index in [1.807, 2.05) is 42.5 Å². The highest BCUT2D eigenvalue weighted by Crippen LogP contribution is 2.26. The maximum atomic E-state index is 12.9. The lowest BCUT2D eigenvalue weighted by Crippen LogP contribution is -2.12. The van der Waals surface area contributed by atoms with Crippen LogP contribution in [0.4, 0.5) is 5.69 Å². The van der Waals surface area contributed by atoms with Crippen molar-refractivity contribution in [1.82, 2.24) is 14.8 Å². The first-order valence-electron chi connectivity index (χ1n) is 10.1. The molecule has 0 unspecified atom stereocenters. The molecule has 1 N–H and O–H groups in total. The van der Waals surface area contributed by atoms with Crippen molar-refractivity contribution >= 4 is 26.5 Å². The van der Waals surface area contributed by atoms with E-state index in [0.29, 0.717) is 5.69 Å². The smallest absolute Gasteiger partial charge is 0.261 e. The molecule has 6 nitrogen and oxygen atoms in total. The fourth-order valence-corrected chi connectivity index (χ4v) is 5.03. The van der Waals surface area contributed by atoms with Crippen LogP contribution in [-0.4, -0.2) is 23.2 Å². The third kappa shape index (κ3) is 3.57. The lowest BCUT2D eigenvalue weighted by molar-refractivity contribution is 0.601. The molecule has 2 heterocycles. The summed E-state index contributed by atoms with van der Waals surface area (Å²) in [5.41, 5.74) is 1.45. The first-order valence-corrected chi connectivity index (χ1v) is 11.6. The third-order valence-electron chi connectivity index (χ3n) is 5.54. The number of aromatic nitrogens is 3. The summed E-state index contributed by atoms with van der Waals surface area (Å²) in [5, 5.41) is 10.6. The van der Waals surface area contributed by atoms with Gasteiger partial charge in [-0.25, -0.2) is 8.42 Å².